The molecule has 0 aromatic carbocycles. The van der Waals surface area contributed by atoms with Gasteiger partial charge in [-0.25, -0.2) is 18.5 Å². The second-order valence-corrected chi connectivity index (χ2v) is 17.3. The van der Waals surface area contributed by atoms with E-state index in [2.05, 4.69) is 98.9 Å². The van der Waals surface area contributed by atoms with E-state index < -0.39 is 91.3 Å². The fraction of sp³-hybridized carbons (Fsp3) is 0.571. The maximum absolute atomic E-state index is 13.0. The molecule has 0 heterocycles. The van der Waals surface area contributed by atoms with Crippen molar-refractivity contribution >= 4 is 35.4 Å². The lowest BCUT2D eigenvalue weighted by Crippen LogP contribution is -2.65. The molecule has 1 aliphatic rings. The average Bonchev–Trinajstić information content (AvgIpc) is 3.22. The third-order valence-corrected chi connectivity index (χ3v) is 10.4. The Labute approximate surface area is 373 Å². The molecule has 4 unspecified atom stereocenters. The number of phosphoric acid groups is 3. The predicted molar refractivity (Wildman–Crippen MR) is 227 cm³/mol. The summed E-state index contributed by atoms with van der Waals surface area (Å²) >= 11 is 0. The quantitative estimate of drug-likeness (QED) is 0.0203. The zero-order valence-corrected chi connectivity index (χ0v) is 37.5. The summed E-state index contributed by atoms with van der Waals surface area (Å²) in [6.07, 6.45) is 1.75. The van der Waals surface area contributed by atoms with Crippen molar-refractivity contribution in [1.82, 2.24) is 0 Å². The summed E-state index contributed by atoms with van der Waals surface area (Å²) in [5, 5.41) is 31.7. The van der Waals surface area contributed by atoms with Gasteiger partial charge in [-0.2, -0.15) is 0 Å². The van der Waals surface area contributed by atoms with Crippen LogP contribution >= 0.6 is 23.5 Å². The smallest absolute Gasteiger partial charge is 0.456 e. The molecule has 1 rings (SSSR count). The fourth-order valence-corrected chi connectivity index (χ4v) is 7.64. The predicted octanol–water partition coefficient (Wildman–Crippen LogP) is 2.13. The Kier molecular flexibility index (Phi) is 29.1. The van der Waals surface area contributed by atoms with E-state index in [-0.39, 0.29) is 6.42 Å². The Morgan fingerprint density at radius 2 is 0.922 bits per heavy atom. The van der Waals surface area contributed by atoms with Gasteiger partial charge in [0.15, 0.2) is 6.10 Å². The van der Waals surface area contributed by atoms with Crippen molar-refractivity contribution in [2.24, 2.45) is 0 Å². The van der Waals surface area contributed by atoms with Crippen LogP contribution in [-0.2, 0) is 50.9 Å². The number of unbranched alkanes of at least 4 members (excludes halogenated alkanes) is 12. The summed E-state index contributed by atoms with van der Waals surface area (Å²) < 4.78 is 64.6. The lowest BCUT2D eigenvalue weighted by molar-refractivity contribution is -0.213. The van der Waals surface area contributed by atoms with Crippen LogP contribution in [0.3, 0.4) is 0 Å². The Hall–Kier alpha value is -4.37. The van der Waals surface area contributed by atoms with Crippen molar-refractivity contribution in [3.8, 4) is 95.2 Å². The molecular weight excluding hydrogens is 901 g/mol. The fourth-order valence-electron chi connectivity index (χ4n) is 5.53. The molecule has 0 bridgehead atoms. The maximum Gasteiger partial charge on any atom is 0.472 e. The van der Waals surface area contributed by atoms with Crippen molar-refractivity contribution in [3.63, 3.8) is 0 Å². The van der Waals surface area contributed by atoms with Crippen molar-refractivity contribution < 1.29 is 90.6 Å². The molecule has 0 radical (unpaired) electrons. The molecule has 8 atom stereocenters. The van der Waals surface area contributed by atoms with Crippen LogP contribution < -0.4 is 0 Å². The number of hydrogen-bond donors (Lipinski definition) is 8. The zero-order chi connectivity index (χ0) is 47.9. The molecule has 1 aliphatic carbocycles. The topological polar surface area (TPSA) is 303 Å². The summed E-state index contributed by atoms with van der Waals surface area (Å²) in [5.41, 5.74) is 0. The number of terminal acetylenes is 1. The normalized spacial score (nSPS) is 20.1. The molecule has 19 nitrogen and oxygen atoms in total. The standard InChI is InChI=1S/C42H51O19P3/c1-3-5-7-9-11-13-15-17-19-20-22-24-26-28-30-35(43)56-32-34(58-36(44)31-29-27-25-23-21-18-16-14-12-10-8-6-4-2)33-57-64(54,55)61-42-38(46)40(59-62(48,49)50)37(45)41(39(42)47)60-63(51,52)53/h1,34,37-42,45-47H,4,6,8,10,12,14,16,18,21,23,25,27,29,31-33H2,2H3,(H,54,55)(H2,48,49,50)(H2,51,52,53)/t34-,37-,38+,39?,40?,41-,42?/m1/s1. The van der Waals surface area contributed by atoms with Crippen LogP contribution in [-0.4, -0.2) is 108 Å². The Morgan fingerprint density at radius 1 is 0.547 bits per heavy atom. The summed E-state index contributed by atoms with van der Waals surface area (Å²) in [4.78, 5) is 72.5. The van der Waals surface area contributed by atoms with Crippen LogP contribution in [0.1, 0.15) is 96.8 Å². The number of carbonyl (C=O) groups is 2. The highest BCUT2D eigenvalue weighted by atomic mass is 31.2. The molecule has 64 heavy (non-hydrogen) atoms. The Balaban J connectivity index is 2.99. The van der Waals surface area contributed by atoms with Crippen molar-refractivity contribution in [3.05, 3.63) is 0 Å². The monoisotopic (exact) mass is 952 g/mol. The van der Waals surface area contributed by atoms with E-state index >= 15 is 0 Å². The number of rotatable bonds is 26. The number of hydrogen-bond acceptors (Lipinski definition) is 14. The highest BCUT2D eigenvalue weighted by molar-refractivity contribution is 7.47. The van der Waals surface area contributed by atoms with E-state index in [4.69, 9.17) is 24.9 Å². The summed E-state index contributed by atoms with van der Waals surface area (Å²) in [6.45, 7) is 0.318. The first kappa shape index (κ1) is 57.6. The highest BCUT2D eigenvalue weighted by Crippen LogP contribution is 2.51. The Morgan fingerprint density at radius 3 is 1.33 bits per heavy atom. The van der Waals surface area contributed by atoms with E-state index in [1.165, 1.54) is 44.9 Å². The number of aliphatic hydroxyl groups excluding tert-OH is 3. The lowest BCUT2D eigenvalue weighted by atomic mass is 9.85. The van der Waals surface area contributed by atoms with Gasteiger partial charge in [0.1, 0.15) is 43.2 Å². The third-order valence-electron chi connectivity index (χ3n) is 8.39. The largest absolute Gasteiger partial charge is 0.472 e. The minimum Gasteiger partial charge on any atom is -0.456 e. The second-order valence-electron chi connectivity index (χ2n) is 13.5. The molecule has 22 heteroatoms. The van der Waals surface area contributed by atoms with Crippen LogP contribution in [0.5, 0.6) is 0 Å². The van der Waals surface area contributed by atoms with Crippen molar-refractivity contribution in [2.45, 2.75) is 140 Å². The summed E-state index contributed by atoms with van der Waals surface area (Å²) in [6, 6.07) is 0. The van der Waals surface area contributed by atoms with Crippen molar-refractivity contribution in [2.75, 3.05) is 13.2 Å². The molecule has 0 aromatic rings. The van der Waals surface area contributed by atoms with Gasteiger partial charge in [-0.15, -0.1) is 6.42 Å². The first-order valence-electron chi connectivity index (χ1n) is 19.8. The van der Waals surface area contributed by atoms with Crippen LogP contribution in [0.4, 0.5) is 0 Å². The van der Waals surface area contributed by atoms with Gasteiger partial charge in [0.2, 0.25) is 0 Å². The molecule has 0 amide bonds. The van der Waals surface area contributed by atoms with E-state index in [9.17, 15) is 63.1 Å². The van der Waals surface area contributed by atoms with Gasteiger partial charge in [0, 0.05) is 12.3 Å². The minimum atomic E-state index is -5.59. The molecule has 8 N–H and O–H groups in total. The van der Waals surface area contributed by atoms with Gasteiger partial charge < -0.3 is 49.3 Å². The second kappa shape index (κ2) is 32.3. The van der Waals surface area contributed by atoms with E-state index in [1.807, 2.05) is 5.92 Å². The van der Waals surface area contributed by atoms with Gasteiger partial charge in [0.05, 0.1) is 6.61 Å². The summed E-state index contributed by atoms with van der Waals surface area (Å²) in [5.74, 6) is 32.5. The molecule has 0 aliphatic heterocycles. The van der Waals surface area contributed by atoms with Gasteiger partial charge in [-0.05, 0) is 89.3 Å². The lowest BCUT2D eigenvalue weighted by Gasteiger charge is -2.44. The van der Waals surface area contributed by atoms with Crippen LogP contribution in [0.25, 0.3) is 0 Å². The highest BCUT2D eigenvalue weighted by Gasteiger charge is 2.56. The maximum atomic E-state index is 13.0. The van der Waals surface area contributed by atoms with Gasteiger partial charge in [0.25, 0.3) is 0 Å². The number of esters is 2. The number of phosphoric ester groups is 3. The number of ether oxygens (including phenoxy) is 2. The van der Waals surface area contributed by atoms with Gasteiger partial charge in [-0.1, -0.05) is 84.0 Å². The molecule has 1 fully saturated rings. The van der Waals surface area contributed by atoms with Crippen LogP contribution in [0.15, 0.2) is 0 Å². The molecular formula is C42H51O19P3. The van der Waals surface area contributed by atoms with Crippen LogP contribution in [0, 0.1) is 95.2 Å². The summed E-state index contributed by atoms with van der Waals surface area (Å²) in [7, 11) is -16.7. The van der Waals surface area contributed by atoms with Crippen molar-refractivity contribution in [1.29, 1.82) is 0 Å². The molecule has 348 valence electrons. The number of carbonyl (C=O) groups excluding carboxylic acids is 2. The van der Waals surface area contributed by atoms with Crippen LogP contribution in [0.2, 0.25) is 0 Å². The zero-order valence-electron chi connectivity index (χ0n) is 34.8. The number of aliphatic hydroxyl groups is 3. The third kappa shape index (κ3) is 28.4. The molecule has 0 spiro atoms. The molecule has 0 aromatic heterocycles. The molecule has 0 saturated heterocycles. The van der Waals surface area contributed by atoms with E-state index in [0.29, 0.717) is 12.8 Å². The first-order chi connectivity index (χ1) is 30.3. The van der Waals surface area contributed by atoms with Gasteiger partial charge >= 0.3 is 35.4 Å². The Bertz CT molecular complexity index is 2120. The first-order valence-corrected chi connectivity index (χ1v) is 24.4. The van der Waals surface area contributed by atoms with E-state index in [1.54, 1.807) is 0 Å². The average molecular weight is 953 g/mol. The minimum absolute atomic E-state index is 0.0932. The SMILES string of the molecule is C#CC#CC#CC#CC#CC#CC#CC#CC(=O)OC[C@H](COP(=O)(O)OC1C(O)[C@H](OP(=O)(O)O)[C@H](O)C(OP(=O)(O)O)[C@@H]1O)OC(=O)CCCCCCCCCCCCCCC. The van der Waals surface area contributed by atoms with E-state index in [0.717, 1.165) is 25.7 Å². The molecule has 1 saturated carbocycles. The van der Waals surface area contributed by atoms with Gasteiger partial charge in [-0.3, -0.25) is 22.9 Å².